The molecule has 2 N–H and O–H groups in total. The van der Waals surface area contributed by atoms with Gasteiger partial charge in [0.1, 0.15) is 0 Å². The second-order valence-electron chi connectivity index (χ2n) is 7.00. The second kappa shape index (κ2) is 8.14. The van der Waals surface area contributed by atoms with Gasteiger partial charge in [0, 0.05) is 19.1 Å². The van der Waals surface area contributed by atoms with Gasteiger partial charge in [-0.2, -0.15) is 0 Å². The molecule has 0 radical (unpaired) electrons. The molecule has 1 saturated heterocycles. The Hall–Kier alpha value is -0.610. The normalized spacial score (nSPS) is 30.7. The van der Waals surface area contributed by atoms with Crippen molar-refractivity contribution in [2.24, 2.45) is 17.6 Å². The number of likely N-dealkylation sites (N-methyl/N-ethyl adjacent to an activating group) is 1. The molecule has 2 aliphatic rings. The third-order valence-electron chi connectivity index (χ3n) is 5.39. The first-order chi connectivity index (χ1) is 10.2. The van der Waals surface area contributed by atoms with Gasteiger partial charge in [-0.05, 0) is 50.6 Å². The highest BCUT2D eigenvalue weighted by molar-refractivity contribution is 5.78. The summed E-state index contributed by atoms with van der Waals surface area (Å²) in [5.41, 5.74) is 5.96. The molecule has 0 aromatic carbocycles. The van der Waals surface area contributed by atoms with E-state index in [9.17, 15) is 4.79 Å². The average molecular weight is 295 g/mol. The third kappa shape index (κ3) is 4.43. The molecule has 0 spiro atoms. The number of hydrogen-bond donors (Lipinski definition) is 1. The lowest BCUT2D eigenvalue weighted by Gasteiger charge is -2.40. The quantitative estimate of drug-likeness (QED) is 0.845. The SMILES string of the molecule is CCN(CC(=O)N1CCCC(C)C1)C1CCCCC1CN. The van der Waals surface area contributed by atoms with Crippen molar-refractivity contribution in [1.82, 2.24) is 9.80 Å². The van der Waals surface area contributed by atoms with Crippen LogP contribution in [0.3, 0.4) is 0 Å². The fourth-order valence-electron chi connectivity index (χ4n) is 4.10. The molecule has 1 aliphatic carbocycles. The highest BCUT2D eigenvalue weighted by Gasteiger charge is 2.31. The summed E-state index contributed by atoms with van der Waals surface area (Å²) in [6.07, 6.45) is 7.44. The van der Waals surface area contributed by atoms with E-state index in [-0.39, 0.29) is 0 Å². The van der Waals surface area contributed by atoms with Crippen molar-refractivity contribution < 1.29 is 4.79 Å². The predicted octanol–water partition coefficient (Wildman–Crippen LogP) is 2.08. The second-order valence-corrected chi connectivity index (χ2v) is 7.00. The van der Waals surface area contributed by atoms with Crippen LogP contribution < -0.4 is 5.73 Å². The lowest BCUT2D eigenvalue weighted by Crippen LogP contribution is -2.50. The van der Waals surface area contributed by atoms with Crippen molar-refractivity contribution in [3.8, 4) is 0 Å². The first-order valence-electron chi connectivity index (χ1n) is 8.87. The third-order valence-corrected chi connectivity index (χ3v) is 5.39. The molecule has 1 aliphatic heterocycles. The number of carbonyl (C=O) groups excluding carboxylic acids is 1. The fraction of sp³-hybridized carbons (Fsp3) is 0.941. The summed E-state index contributed by atoms with van der Waals surface area (Å²) in [5, 5.41) is 0. The molecule has 1 amide bonds. The van der Waals surface area contributed by atoms with Crippen LogP contribution in [0.4, 0.5) is 0 Å². The Morgan fingerprint density at radius 2 is 2.00 bits per heavy atom. The fourth-order valence-corrected chi connectivity index (χ4v) is 4.10. The number of rotatable bonds is 5. The van der Waals surface area contributed by atoms with E-state index in [0.29, 0.717) is 30.3 Å². The standard InChI is InChI=1S/C17H33N3O/c1-3-19(16-9-5-4-8-15(16)11-18)13-17(21)20-10-6-7-14(2)12-20/h14-16H,3-13,18H2,1-2H3. The van der Waals surface area contributed by atoms with Crippen molar-refractivity contribution in [1.29, 1.82) is 0 Å². The molecule has 21 heavy (non-hydrogen) atoms. The number of carbonyl (C=O) groups is 1. The van der Waals surface area contributed by atoms with Crippen LogP contribution in [-0.2, 0) is 4.79 Å². The number of likely N-dealkylation sites (tertiary alicyclic amines) is 1. The van der Waals surface area contributed by atoms with E-state index in [0.717, 1.165) is 32.6 Å². The molecule has 1 saturated carbocycles. The number of hydrogen-bond acceptors (Lipinski definition) is 3. The number of amides is 1. The Morgan fingerprint density at radius 3 is 2.67 bits per heavy atom. The van der Waals surface area contributed by atoms with Gasteiger partial charge in [0.25, 0.3) is 0 Å². The first kappa shape index (κ1) is 16.8. The summed E-state index contributed by atoms with van der Waals surface area (Å²) >= 11 is 0. The minimum absolute atomic E-state index is 0.324. The van der Waals surface area contributed by atoms with E-state index in [1.807, 2.05) is 0 Å². The summed E-state index contributed by atoms with van der Waals surface area (Å²) in [6, 6.07) is 0.514. The molecule has 4 nitrogen and oxygen atoms in total. The lowest BCUT2D eigenvalue weighted by atomic mass is 9.83. The summed E-state index contributed by atoms with van der Waals surface area (Å²) in [4.78, 5) is 17.1. The van der Waals surface area contributed by atoms with Crippen LogP contribution in [0.15, 0.2) is 0 Å². The van der Waals surface area contributed by atoms with E-state index >= 15 is 0 Å². The summed E-state index contributed by atoms with van der Waals surface area (Å²) < 4.78 is 0. The maximum Gasteiger partial charge on any atom is 0.236 e. The molecule has 3 atom stereocenters. The molecule has 3 unspecified atom stereocenters. The number of piperidine rings is 1. The molecular weight excluding hydrogens is 262 g/mol. The van der Waals surface area contributed by atoms with Crippen LogP contribution >= 0.6 is 0 Å². The molecule has 1 heterocycles. The van der Waals surface area contributed by atoms with Crippen LogP contribution in [0.5, 0.6) is 0 Å². The minimum atomic E-state index is 0.324. The molecule has 122 valence electrons. The Bertz CT molecular complexity index is 334. The van der Waals surface area contributed by atoms with Crippen molar-refractivity contribution in [3.05, 3.63) is 0 Å². The van der Waals surface area contributed by atoms with Crippen LogP contribution in [0.2, 0.25) is 0 Å². The van der Waals surface area contributed by atoms with E-state index < -0.39 is 0 Å². The predicted molar refractivity (Wildman–Crippen MR) is 87.0 cm³/mol. The molecule has 2 fully saturated rings. The largest absolute Gasteiger partial charge is 0.341 e. The van der Waals surface area contributed by atoms with Crippen LogP contribution in [0.1, 0.15) is 52.4 Å². The Labute approximate surface area is 130 Å². The first-order valence-corrected chi connectivity index (χ1v) is 8.87. The van der Waals surface area contributed by atoms with Gasteiger partial charge in [-0.3, -0.25) is 9.69 Å². The lowest BCUT2D eigenvalue weighted by molar-refractivity contribution is -0.135. The monoisotopic (exact) mass is 295 g/mol. The van der Waals surface area contributed by atoms with Gasteiger partial charge in [0.2, 0.25) is 5.91 Å². The van der Waals surface area contributed by atoms with Crippen LogP contribution in [0, 0.1) is 11.8 Å². The van der Waals surface area contributed by atoms with Crippen LogP contribution in [0.25, 0.3) is 0 Å². The highest BCUT2D eigenvalue weighted by Crippen LogP contribution is 2.28. The topological polar surface area (TPSA) is 49.6 Å². The Morgan fingerprint density at radius 1 is 1.24 bits per heavy atom. The zero-order chi connectivity index (χ0) is 15.2. The van der Waals surface area contributed by atoms with Gasteiger partial charge in [-0.25, -0.2) is 0 Å². The van der Waals surface area contributed by atoms with E-state index in [2.05, 4.69) is 23.6 Å². The molecule has 4 heteroatoms. The Balaban J connectivity index is 1.92. The average Bonchev–Trinajstić information content (AvgIpc) is 2.52. The van der Waals surface area contributed by atoms with Gasteiger partial charge in [0.05, 0.1) is 6.54 Å². The van der Waals surface area contributed by atoms with Gasteiger partial charge in [-0.15, -0.1) is 0 Å². The molecule has 2 rings (SSSR count). The Kier molecular flexibility index (Phi) is 6.49. The number of nitrogens with two attached hydrogens (primary N) is 1. The summed E-state index contributed by atoms with van der Waals surface area (Å²) in [6.45, 7) is 8.63. The van der Waals surface area contributed by atoms with Gasteiger partial charge in [-0.1, -0.05) is 26.7 Å². The maximum atomic E-state index is 12.6. The zero-order valence-electron chi connectivity index (χ0n) is 13.9. The van der Waals surface area contributed by atoms with Gasteiger partial charge < -0.3 is 10.6 Å². The minimum Gasteiger partial charge on any atom is -0.341 e. The maximum absolute atomic E-state index is 12.6. The van der Waals surface area contributed by atoms with Crippen molar-refractivity contribution in [2.75, 3.05) is 32.7 Å². The smallest absolute Gasteiger partial charge is 0.236 e. The summed E-state index contributed by atoms with van der Waals surface area (Å²) in [5.74, 6) is 1.56. The van der Waals surface area contributed by atoms with E-state index in [1.54, 1.807) is 0 Å². The van der Waals surface area contributed by atoms with Gasteiger partial charge >= 0.3 is 0 Å². The van der Waals surface area contributed by atoms with Gasteiger partial charge in [0.15, 0.2) is 0 Å². The highest BCUT2D eigenvalue weighted by atomic mass is 16.2. The molecule has 0 aromatic heterocycles. The van der Waals surface area contributed by atoms with Crippen LogP contribution in [-0.4, -0.2) is 54.5 Å². The molecule has 0 bridgehead atoms. The van der Waals surface area contributed by atoms with Crippen molar-refractivity contribution in [2.45, 2.75) is 58.4 Å². The van der Waals surface area contributed by atoms with E-state index in [4.69, 9.17) is 5.73 Å². The number of nitrogens with zero attached hydrogens (tertiary/aromatic N) is 2. The van der Waals surface area contributed by atoms with E-state index in [1.165, 1.54) is 32.1 Å². The van der Waals surface area contributed by atoms with Crippen molar-refractivity contribution in [3.63, 3.8) is 0 Å². The molecular formula is C17H33N3O. The van der Waals surface area contributed by atoms with Crippen molar-refractivity contribution >= 4 is 5.91 Å². The summed E-state index contributed by atoms with van der Waals surface area (Å²) in [7, 11) is 0. The molecule has 0 aromatic rings. The zero-order valence-corrected chi connectivity index (χ0v) is 13.9.